The molecule has 2 aromatic carbocycles. The standard InChI is InChI=1S/C24H26ClNO/c1-14-5-7-17(8-6-14)22-20(19-10-9-18(25)11-15(19)2)12-16(3)24(4)21(22)13-26-23(24)27/h5-12,20-22H,13H2,1-4H3,(H,26,27)/t20-,21-,22-,24+/m0/s1. The molecule has 1 amide bonds. The summed E-state index contributed by atoms with van der Waals surface area (Å²) in [6.45, 7) is 9.18. The second-order valence-corrected chi connectivity index (χ2v) is 8.77. The van der Waals surface area contributed by atoms with Crippen molar-refractivity contribution in [3.8, 4) is 0 Å². The summed E-state index contributed by atoms with van der Waals surface area (Å²) >= 11 is 6.22. The number of aryl methyl sites for hydroxylation is 2. The van der Waals surface area contributed by atoms with Crippen molar-refractivity contribution in [2.45, 2.75) is 39.5 Å². The molecule has 1 aliphatic heterocycles. The number of rotatable bonds is 2. The summed E-state index contributed by atoms with van der Waals surface area (Å²) in [5.41, 5.74) is 5.79. The fourth-order valence-electron chi connectivity index (χ4n) is 5.04. The average Bonchev–Trinajstić information content (AvgIpc) is 2.93. The molecule has 0 unspecified atom stereocenters. The third-order valence-corrected chi connectivity index (χ3v) is 7.05. The monoisotopic (exact) mass is 379 g/mol. The lowest BCUT2D eigenvalue weighted by Gasteiger charge is -2.44. The number of hydrogen-bond acceptors (Lipinski definition) is 1. The molecule has 1 heterocycles. The quantitative estimate of drug-likeness (QED) is 0.682. The van der Waals surface area contributed by atoms with Gasteiger partial charge in [0, 0.05) is 29.3 Å². The van der Waals surface area contributed by atoms with Crippen molar-refractivity contribution in [3.63, 3.8) is 0 Å². The van der Waals surface area contributed by atoms with Crippen LogP contribution in [0.4, 0.5) is 0 Å². The van der Waals surface area contributed by atoms with Crippen LogP contribution in [0.1, 0.15) is 47.9 Å². The Morgan fingerprint density at radius 2 is 1.78 bits per heavy atom. The van der Waals surface area contributed by atoms with Crippen molar-refractivity contribution in [1.29, 1.82) is 0 Å². The number of hydrogen-bond donors (Lipinski definition) is 1. The van der Waals surface area contributed by atoms with Crippen LogP contribution >= 0.6 is 11.6 Å². The average molecular weight is 380 g/mol. The van der Waals surface area contributed by atoms with E-state index in [9.17, 15) is 4.79 Å². The van der Waals surface area contributed by atoms with Gasteiger partial charge in [-0.15, -0.1) is 0 Å². The van der Waals surface area contributed by atoms with Gasteiger partial charge in [-0.25, -0.2) is 0 Å². The van der Waals surface area contributed by atoms with E-state index in [1.165, 1.54) is 27.8 Å². The molecule has 0 aromatic heterocycles. The molecule has 2 aromatic rings. The number of halogens is 1. The lowest BCUT2D eigenvalue weighted by atomic mass is 9.57. The molecule has 1 aliphatic carbocycles. The van der Waals surface area contributed by atoms with Crippen LogP contribution in [-0.4, -0.2) is 12.5 Å². The molecular weight excluding hydrogens is 354 g/mol. The summed E-state index contributed by atoms with van der Waals surface area (Å²) in [5, 5.41) is 3.90. The molecule has 0 saturated carbocycles. The van der Waals surface area contributed by atoms with Crippen LogP contribution in [0.25, 0.3) is 0 Å². The van der Waals surface area contributed by atoms with E-state index < -0.39 is 5.41 Å². The van der Waals surface area contributed by atoms with Gasteiger partial charge in [-0.05, 0) is 56.5 Å². The van der Waals surface area contributed by atoms with E-state index in [0.29, 0.717) is 0 Å². The number of carbonyl (C=O) groups excluding carboxylic acids is 1. The minimum Gasteiger partial charge on any atom is -0.355 e. The Balaban J connectivity index is 1.91. The van der Waals surface area contributed by atoms with Crippen LogP contribution in [0.3, 0.4) is 0 Å². The van der Waals surface area contributed by atoms with Gasteiger partial charge in [0.25, 0.3) is 0 Å². The van der Waals surface area contributed by atoms with E-state index >= 15 is 0 Å². The Morgan fingerprint density at radius 1 is 1.07 bits per heavy atom. The zero-order valence-electron chi connectivity index (χ0n) is 16.3. The third-order valence-electron chi connectivity index (χ3n) is 6.82. The first-order chi connectivity index (χ1) is 12.8. The topological polar surface area (TPSA) is 29.1 Å². The molecule has 0 bridgehead atoms. The van der Waals surface area contributed by atoms with Gasteiger partial charge in [-0.3, -0.25) is 4.79 Å². The summed E-state index contributed by atoms with van der Waals surface area (Å²) < 4.78 is 0. The smallest absolute Gasteiger partial charge is 0.230 e. The van der Waals surface area contributed by atoms with Gasteiger partial charge >= 0.3 is 0 Å². The first kappa shape index (κ1) is 18.3. The van der Waals surface area contributed by atoms with Crippen LogP contribution in [0.15, 0.2) is 54.1 Å². The normalized spacial score (nSPS) is 29.9. The highest BCUT2D eigenvalue weighted by Crippen LogP contribution is 2.56. The van der Waals surface area contributed by atoms with Crippen molar-refractivity contribution in [2.75, 3.05) is 6.54 Å². The van der Waals surface area contributed by atoms with Gasteiger partial charge in [0.2, 0.25) is 5.91 Å². The Hall–Kier alpha value is -2.06. The maximum absolute atomic E-state index is 12.8. The van der Waals surface area contributed by atoms with E-state index in [-0.39, 0.29) is 23.7 Å². The second kappa shape index (κ2) is 6.53. The van der Waals surface area contributed by atoms with E-state index in [4.69, 9.17) is 11.6 Å². The predicted molar refractivity (Wildman–Crippen MR) is 111 cm³/mol. The second-order valence-electron chi connectivity index (χ2n) is 8.33. The number of amides is 1. The van der Waals surface area contributed by atoms with Gasteiger partial charge in [-0.1, -0.05) is 59.1 Å². The third kappa shape index (κ3) is 2.82. The first-order valence-corrected chi connectivity index (χ1v) is 10.00. The van der Waals surface area contributed by atoms with Gasteiger partial charge in [0.1, 0.15) is 0 Å². The fourth-order valence-corrected chi connectivity index (χ4v) is 5.26. The van der Waals surface area contributed by atoms with E-state index in [1.807, 2.05) is 12.1 Å². The zero-order chi connectivity index (χ0) is 19.3. The summed E-state index contributed by atoms with van der Waals surface area (Å²) in [6, 6.07) is 15.0. The highest BCUT2D eigenvalue weighted by molar-refractivity contribution is 6.30. The van der Waals surface area contributed by atoms with Crippen LogP contribution in [0.5, 0.6) is 0 Å². The van der Waals surface area contributed by atoms with Crippen LogP contribution < -0.4 is 5.32 Å². The summed E-state index contributed by atoms with van der Waals surface area (Å²) in [4.78, 5) is 12.8. The van der Waals surface area contributed by atoms with Crippen molar-refractivity contribution in [1.82, 2.24) is 5.32 Å². The summed E-state index contributed by atoms with van der Waals surface area (Å²) in [5.74, 6) is 0.872. The van der Waals surface area contributed by atoms with Gasteiger partial charge in [0.05, 0.1) is 5.41 Å². The van der Waals surface area contributed by atoms with Crippen molar-refractivity contribution >= 4 is 17.5 Å². The lowest BCUT2D eigenvalue weighted by molar-refractivity contribution is -0.126. The van der Waals surface area contributed by atoms with Crippen molar-refractivity contribution in [2.24, 2.45) is 11.3 Å². The number of nitrogens with one attached hydrogen (secondary N) is 1. The van der Waals surface area contributed by atoms with Gasteiger partial charge < -0.3 is 5.32 Å². The highest BCUT2D eigenvalue weighted by atomic mass is 35.5. The Labute approximate surface area is 166 Å². The number of benzene rings is 2. The minimum atomic E-state index is -0.438. The molecule has 1 fully saturated rings. The van der Waals surface area contributed by atoms with Crippen LogP contribution in [0, 0.1) is 25.2 Å². The zero-order valence-corrected chi connectivity index (χ0v) is 17.1. The first-order valence-electron chi connectivity index (χ1n) is 9.62. The molecule has 0 radical (unpaired) electrons. The lowest BCUT2D eigenvalue weighted by Crippen LogP contribution is -2.40. The molecular formula is C24H26ClNO. The van der Waals surface area contributed by atoms with Crippen LogP contribution in [0.2, 0.25) is 5.02 Å². The largest absolute Gasteiger partial charge is 0.355 e. The maximum atomic E-state index is 12.8. The summed E-state index contributed by atoms with van der Waals surface area (Å²) in [7, 11) is 0. The molecule has 2 nitrogen and oxygen atoms in total. The number of fused-ring (bicyclic) bond motifs is 1. The number of carbonyl (C=O) groups is 1. The fraction of sp³-hybridized carbons (Fsp3) is 0.375. The Kier molecular flexibility index (Phi) is 4.43. The Morgan fingerprint density at radius 3 is 2.44 bits per heavy atom. The maximum Gasteiger partial charge on any atom is 0.230 e. The molecule has 2 aliphatic rings. The van der Waals surface area contributed by atoms with E-state index in [1.54, 1.807) is 0 Å². The molecule has 4 atom stereocenters. The van der Waals surface area contributed by atoms with E-state index in [2.05, 4.69) is 69.4 Å². The highest BCUT2D eigenvalue weighted by Gasteiger charge is 2.55. The number of allylic oxidation sites excluding steroid dienone is 1. The van der Waals surface area contributed by atoms with Crippen molar-refractivity contribution in [3.05, 3.63) is 81.4 Å². The molecule has 27 heavy (non-hydrogen) atoms. The van der Waals surface area contributed by atoms with Gasteiger partial charge in [0.15, 0.2) is 0 Å². The molecule has 0 spiro atoms. The van der Waals surface area contributed by atoms with E-state index in [0.717, 1.165) is 11.6 Å². The predicted octanol–water partition coefficient (Wildman–Crippen LogP) is 5.54. The molecule has 1 N–H and O–H groups in total. The van der Waals surface area contributed by atoms with Gasteiger partial charge in [-0.2, -0.15) is 0 Å². The Bertz CT molecular complexity index is 930. The SMILES string of the molecule is CC1=C[C@@H](c2ccc(Cl)cc2C)[C@H](c2ccc(C)cc2)[C@@H]2CNC(=O)[C@]12C. The molecule has 1 saturated heterocycles. The van der Waals surface area contributed by atoms with Crippen LogP contribution in [-0.2, 0) is 4.79 Å². The molecule has 4 rings (SSSR count). The summed E-state index contributed by atoms with van der Waals surface area (Å²) in [6.07, 6.45) is 2.32. The molecule has 3 heteroatoms. The van der Waals surface area contributed by atoms with Crippen molar-refractivity contribution < 1.29 is 4.79 Å². The minimum absolute atomic E-state index is 0.157. The molecule has 140 valence electrons.